The van der Waals surface area contributed by atoms with E-state index in [-0.39, 0.29) is 0 Å². The van der Waals surface area contributed by atoms with E-state index in [1.54, 1.807) is 7.11 Å². The molecule has 0 unspecified atom stereocenters. The Morgan fingerprint density at radius 2 is 2.17 bits per heavy atom. The highest BCUT2D eigenvalue weighted by Crippen LogP contribution is 2.36. The maximum Gasteiger partial charge on any atom is 0.180 e. The summed E-state index contributed by atoms with van der Waals surface area (Å²) in [7, 11) is 1.58. The van der Waals surface area contributed by atoms with Crippen LogP contribution in [0, 0.1) is 0 Å². The largest absolute Gasteiger partial charge is 0.493 e. The van der Waals surface area contributed by atoms with Crippen molar-refractivity contribution in [2.24, 2.45) is 5.73 Å². The summed E-state index contributed by atoms with van der Waals surface area (Å²) < 4.78 is 10.9. The molecule has 1 aromatic rings. The van der Waals surface area contributed by atoms with Crippen LogP contribution in [0.1, 0.15) is 12.5 Å². The first kappa shape index (κ1) is 15.2. The average molecular weight is 290 g/mol. The summed E-state index contributed by atoms with van der Waals surface area (Å²) in [5.41, 5.74) is 8.92. The van der Waals surface area contributed by atoms with Crippen molar-refractivity contribution in [3.8, 4) is 11.5 Å². The predicted octanol–water partition coefficient (Wildman–Crippen LogP) is 3.37. The second-order valence-electron chi connectivity index (χ2n) is 3.89. The molecule has 3 nitrogen and oxygen atoms in total. The summed E-state index contributed by atoms with van der Waals surface area (Å²) in [5, 5.41) is 0.514. The highest BCUT2D eigenvalue weighted by atomic mass is 35.5. The van der Waals surface area contributed by atoms with Crippen molar-refractivity contribution < 1.29 is 9.47 Å². The minimum absolute atomic E-state index is 0.371. The Hall–Kier alpha value is -0.900. The standard InChI is InChI=1S/C13H17Cl2NO2/c1-9(7-14)8-18-13-11(15)5-10(3-4-16)6-12(13)17-2/h5-7H,3-4,8,16H2,1-2H3/b9-7+. The summed E-state index contributed by atoms with van der Waals surface area (Å²) >= 11 is 11.8. The molecule has 0 aliphatic rings. The second-order valence-corrected chi connectivity index (χ2v) is 4.52. The number of benzene rings is 1. The second kappa shape index (κ2) is 7.52. The molecule has 0 fully saturated rings. The van der Waals surface area contributed by atoms with Gasteiger partial charge in [0.2, 0.25) is 0 Å². The molecular formula is C13H17Cl2NO2. The fourth-order valence-corrected chi connectivity index (χ4v) is 1.79. The fourth-order valence-electron chi connectivity index (χ4n) is 1.44. The lowest BCUT2D eigenvalue weighted by molar-refractivity contribution is 0.319. The van der Waals surface area contributed by atoms with Gasteiger partial charge in [0.15, 0.2) is 11.5 Å². The van der Waals surface area contributed by atoms with Crippen molar-refractivity contribution in [3.05, 3.63) is 33.8 Å². The Labute approximate surface area is 117 Å². The molecule has 0 saturated heterocycles. The van der Waals surface area contributed by atoms with Gasteiger partial charge in [-0.2, -0.15) is 0 Å². The molecular weight excluding hydrogens is 273 g/mol. The first-order valence-electron chi connectivity index (χ1n) is 5.57. The predicted molar refractivity (Wildman–Crippen MR) is 75.9 cm³/mol. The summed E-state index contributed by atoms with van der Waals surface area (Å²) in [6.07, 6.45) is 0.747. The molecule has 0 spiro atoms. The SMILES string of the molecule is COc1cc(CCN)cc(Cl)c1OC/C(C)=C/Cl. The van der Waals surface area contributed by atoms with E-state index in [0.717, 1.165) is 17.6 Å². The molecule has 0 amide bonds. The molecule has 1 aromatic carbocycles. The van der Waals surface area contributed by atoms with Crippen molar-refractivity contribution in [3.63, 3.8) is 0 Å². The minimum atomic E-state index is 0.371. The first-order chi connectivity index (χ1) is 8.62. The molecule has 18 heavy (non-hydrogen) atoms. The number of halogens is 2. The van der Waals surface area contributed by atoms with Crippen molar-refractivity contribution in [2.75, 3.05) is 20.3 Å². The van der Waals surface area contributed by atoms with Gasteiger partial charge in [0, 0.05) is 5.54 Å². The molecule has 0 atom stereocenters. The Kier molecular flexibility index (Phi) is 6.33. The van der Waals surface area contributed by atoms with Crippen molar-refractivity contribution in [1.82, 2.24) is 0 Å². The number of hydrogen-bond donors (Lipinski definition) is 1. The van der Waals surface area contributed by atoms with Crippen molar-refractivity contribution >= 4 is 23.2 Å². The van der Waals surface area contributed by atoms with Crippen LogP contribution < -0.4 is 15.2 Å². The third-order valence-corrected chi connectivity index (χ3v) is 3.01. The number of methoxy groups -OCH3 is 1. The zero-order chi connectivity index (χ0) is 13.5. The van der Waals surface area contributed by atoms with Crippen LogP contribution in [0.3, 0.4) is 0 Å². The molecule has 2 N–H and O–H groups in total. The minimum Gasteiger partial charge on any atom is -0.493 e. The van der Waals surface area contributed by atoms with E-state index in [0.29, 0.717) is 29.7 Å². The quantitative estimate of drug-likeness (QED) is 0.873. The summed E-state index contributed by atoms with van der Waals surface area (Å²) in [4.78, 5) is 0. The van der Waals surface area contributed by atoms with E-state index in [9.17, 15) is 0 Å². The Bertz CT molecular complexity index is 433. The Balaban J connectivity index is 2.96. The summed E-state index contributed by atoms with van der Waals surface area (Å²) in [6.45, 7) is 2.81. The van der Waals surface area contributed by atoms with Crippen LogP contribution in [-0.2, 0) is 6.42 Å². The number of hydrogen-bond acceptors (Lipinski definition) is 3. The number of rotatable bonds is 6. The molecule has 0 saturated carbocycles. The third-order valence-electron chi connectivity index (χ3n) is 2.35. The van der Waals surface area contributed by atoms with E-state index >= 15 is 0 Å². The van der Waals surface area contributed by atoms with Crippen molar-refractivity contribution in [2.45, 2.75) is 13.3 Å². The molecule has 100 valence electrons. The van der Waals surface area contributed by atoms with Gasteiger partial charge in [-0.25, -0.2) is 0 Å². The molecule has 0 aliphatic heterocycles. The van der Waals surface area contributed by atoms with E-state index in [4.69, 9.17) is 38.4 Å². The van der Waals surface area contributed by atoms with Crippen LogP contribution >= 0.6 is 23.2 Å². The van der Waals surface area contributed by atoms with Gasteiger partial charge < -0.3 is 15.2 Å². The molecule has 0 aliphatic carbocycles. The molecule has 0 aromatic heterocycles. The van der Waals surface area contributed by atoms with Gasteiger partial charge in [-0.15, -0.1) is 0 Å². The lowest BCUT2D eigenvalue weighted by Gasteiger charge is -2.14. The monoisotopic (exact) mass is 289 g/mol. The first-order valence-corrected chi connectivity index (χ1v) is 6.39. The molecule has 0 bridgehead atoms. The molecule has 1 rings (SSSR count). The van der Waals surface area contributed by atoms with Crippen molar-refractivity contribution in [1.29, 1.82) is 0 Å². The summed E-state index contributed by atoms with van der Waals surface area (Å²) in [5.74, 6) is 1.13. The zero-order valence-corrected chi connectivity index (χ0v) is 12.0. The maximum absolute atomic E-state index is 6.18. The van der Waals surface area contributed by atoms with E-state index in [1.807, 2.05) is 19.1 Å². The lowest BCUT2D eigenvalue weighted by Crippen LogP contribution is -2.05. The highest BCUT2D eigenvalue weighted by molar-refractivity contribution is 6.32. The smallest absolute Gasteiger partial charge is 0.180 e. The normalized spacial score (nSPS) is 11.5. The highest BCUT2D eigenvalue weighted by Gasteiger charge is 2.12. The molecule has 5 heteroatoms. The van der Waals surface area contributed by atoms with E-state index < -0.39 is 0 Å². The number of nitrogens with two attached hydrogens (primary N) is 1. The maximum atomic E-state index is 6.18. The summed E-state index contributed by atoms with van der Waals surface area (Å²) in [6, 6.07) is 3.72. The average Bonchev–Trinajstić information content (AvgIpc) is 2.36. The molecule has 0 heterocycles. The topological polar surface area (TPSA) is 44.5 Å². The van der Waals surface area contributed by atoms with Crippen LogP contribution in [0.2, 0.25) is 5.02 Å². The Morgan fingerprint density at radius 3 is 2.72 bits per heavy atom. The van der Waals surface area contributed by atoms with Crippen LogP contribution in [0.25, 0.3) is 0 Å². The van der Waals surface area contributed by atoms with Gasteiger partial charge in [-0.3, -0.25) is 0 Å². The fraction of sp³-hybridized carbons (Fsp3) is 0.385. The van der Waals surface area contributed by atoms with Gasteiger partial charge >= 0.3 is 0 Å². The van der Waals surface area contributed by atoms with Crippen LogP contribution in [0.15, 0.2) is 23.2 Å². The Morgan fingerprint density at radius 1 is 1.44 bits per heavy atom. The third kappa shape index (κ3) is 4.09. The van der Waals surface area contributed by atoms with Gasteiger partial charge in [-0.05, 0) is 43.2 Å². The van der Waals surface area contributed by atoms with E-state index in [2.05, 4.69) is 0 Å². The van der Waals surface area contributed by atoms with Gasteiger partial charge in [-0.1, -0.05) is 23.2 Å². The van der Waals surface area contributed by atoms with Crippen LogP contribution in [0.4, 0.5) is 0 Å². The lowest BCUT2D eigenvalue weighted by atomic mass is 10.1. The van der Waals surface area contributed by atoms with Crippen LogP contribution in [0.5, 0.6) is 11.5 Å². The van der Waals surface area contributed by atoms with Gasteiger partial charge in [0.05, 0.1) is 12.1 Å². The van der Waals surface area contributed by atoms with Gasteiger partial charge in [0.1, 0.15) is 6.61 Å². The van der Waals surface area contributed by atoms with Crippen LogP contribution in [-0.4, -0.2) is 20.3 Å². The molecule has 0 radical (unpaired) electrons. The van der Waals surface area contributed by atoms with E-state index in [1.165, 1.54) is 5.54 Å². The van der Waals surface area contributed by atoms with Gasteiger partial charge in [0.25, 0.3) is 0 Å². The number of ether oxygens (including phenoxy) is 2. The zero-order valence-electron chi connectivity index (χ0n) is 10.5.